The second-order valence-electron chi connectivity index (χ2n) is 11.9. The molecule has 2 aromatic rings. The van der Waals surface area contributed by atoms with Crippen LogP contribution in [-0.2, 0) is 15.6 Å². The molecule has 1 aromatic heterocycles. The standard InChI is InChI=1S/C29H42N4O4S/c1-8-36-26(35)21-17-30-33(25(21)32-27(38)31-20-12-10-9-11-13-20)24(34)18-37-23-15-14-19(28(2,3)4)16-22(23)29(5,6)7/h14-17,20H,8-13,18H2,1-7H3,(H2,31,32,38). The van der Waals surface area contributed by atoms with Crippen LogP contribution in [0, 0.1) is 0 Å². The number of thiocarbonyl (C=S) groups is 1. The van der Waals surface area contributed by atoms with Crippen molar-refractivity contribution in [1.29, 1.82) is 0 Å². The van der Waals surface area contributed by atoms with Gasteiger partial charge in [0.25, 0.3) is 5.91 Å². The number of esters is 1. The van der Waals surface area contributed by atoms with Gasteiger partial charge in [0.1, 0.15) is 11.3 Å². The van der Waals surface area contributed by atoms with E-state index in [1.165, 1.54) is 18.2 Å². The molecule has 0 atom stereocenters. The maximum atomic E-state index is 13.3. The van der Waals surface area contributed by atoms with Crippen LogP contribution in [0.1, 0.15) is 107 Å². The van der Waals surface area contributed by atoms with E-state index >= 15 is 0 Å². The number of benzene rings is 1. The summed E-state index contributed by atoms with van der Waals surface area (Å²) in [7, 11) is 0. The second-order valence-corrected chi connectivity index (χ2v) is 12.3. The Morgan fingerprint density at radius 3 is 2.37 bits per heavy atom. The molecule has 0 radical (unpaired) electrons. The van der Waals surface area contributed by atoms with Crippen molar-refractivity contribution in [3.8, 4) is 5.75 Å². The predicted octanol–water partition coefficient (Wildman–Crippen LogP) is 5.99. The van der Waals surface area contributed by atoms with Crippen LogP contribution in [0.2, 0.25) is 0 Å². The Balaban J connectivity index is 1.83. The lowest BCUT2D eigenvalue weighted by molar-refractivity contribution is 0.0527. The van der Waals surface area contributed by atoms with Gasteiger partial charge in [0, 0.05) is 6.04 Å². The minimum Gasteiger partial charge on any atom is -0.483 e. The van der Waals surface area contributed by atoms with Gasteiger partial charge in [-0.2, -0.15) is 9.78 Å². The summed E-state index contributed by atoms with van der Waals surface area (Å²) in [5, 5.41) is 10.9. The van der Waals surface area contributed by atoms with Gasteiger partial charge >= 0.3 is 5.97 Å². The Kier molecular flexibility index (Phi) is 9.57. The van der Waals surface area contributed by atoms with E-state index in [9.17, 15) is 9.59 Å². The van der Waals surface area contributed by atoms with Crippen molar-refractivity contribution in [2.45, 2.75) is 97.4 Å². The third-order valence-electron chi connectivity index (χ3n) is 6.68. The Morgan fingerprint density at radius 1 is 1.08 bits per heavy atom. The molecule has 9 heteroatoms. The number of hydrogen-bond donors (Lipinski definition) is 2. The summed E-state index contributed by atoms with van der Waals surface area (Å²) in [5.41, 5.74) is 2.14. The lowest BCUT2D eigenvalue weighted by Gasteiger charge is -2.27. The van der Waals surface area contributed by atoms with E-state index in [0.717, 1.165) is 35.9 Å². The minimum atomic E-state index is -0.580. The SMILES string of the molecule is CCOC(=O)c1cnn(C(=O)COc2ccc(C(C)(C)C)cc2C(C)(C)C)c1NC(=S)NC1CCCCC1. The molecule has 208 valence electrons. The number of carbonyl (C=O) groups is 2. The van der Waals surface area contributed by atoms with Gasteiger partial charge in [-0.1, -0.05) is 72.9 Å². The highest BCUT2D eigenvalue weighted by Crippen LogP contribution is 2.35. The van der Waals surface area contributed by atoms with Crippen LogP contribution in [0.25, 0.3) is 0 Å². The monoisotopic (exact) mass is 542 g/mol. The largest absolute Gasteiger partial charge is 0.483 e. The van der Waals surface area contributed by atoms with Crippen molar-refractivity contribution in [2.75, 3.05) is 18.5 Å². The summed E-state index contributed by atoms with van der Waals surface area (Å²) in [6.45, 7) is 14.5. The zero-order valence-electron chi connectivity index (χ0n) is 23.8. The fraction of sp³-hybridized carbons (Fsp3) is 0.586. The molecule has 0 unspecified atom stereocenters. The average Bonchev–Trinajstić information content (AvgIpc) is 3.25. The first-order valence-electron chi connectivity index (χ1n) is 13.4. The highest BCUT2D eigenvalue weighted by Gasteiger charge is 2.26. The normalized spacial score (nSPS) is 14.6. The molecule has 0 aliphatic heterocycles. The Morgan fingerprint density at radius 2 is 1.76 bits per heavy atom. The Bertz CT molecular complexity index is 1150. The smallest absolute Gasteiger partial charge is 0.343 e. The van der Waals surface area contributed by atoms with Crippen LogP contribution in [-0.4, -0.2) is 46.0 Å². The third kappa shape index (κ3) is 7.56. The van der Waals surface area contributed by atoms with Gasteiger partial charge in [0.05, 0.1) is 12.8 Å². The van der Waals surface area contributed by atoms with Gasteiger partial charge in [-0.05, 0) is 60.0 Å². The molecule has 1 saturated carbocycles. The average molecular weight is 543 g/mol. The number of rotatable bonds is 7. The molecular formula is C29H42N4O4S. The number of anilines is 1. The summed E-state index contributed by atoms with van der Waals surface area (Å²) < 4.78 is 12.3. The zero-order valence-corrected chi connectivity index (χ0v) is 24.6. The molecule has 3 rings (SSSR count). The van der Waals surface area contributed by atoms with Gasteiger partial charge in [0.2, 0.25) is 0 Å². The Labute approximate surface area is 231 Å². The molecule has 1 aliphatic rings. The van der Waals surface area contributed by atoms with Crippen LogP contribution < -0.4 is 15.4 Å². The van der Waals surface area contributed by atoms with Crippen molar-refractivity contribution in [3.63, 3.8) is 0 Å². The van der Waals surface area contributed by atoms with E-state index in [4.69, 9.17) is 21.7 Å². The topological polar surface area (TPSA) is 94.5 Å². The van der Waals surface area contributed by atoms with Gasteiger partial charge in [-0.25, -0.2) is 4.79 Å². The fourth-order valence-corrected chi connectivity index (χ4v) is 4.76. The molecular weight excluding hydrogens is 500 g/mol. The first kappa shape index (κ1) is 29.6. The van der Waals surface area contributed by atoms with E-state index in [0.29, 0.717) is 10.9 Å². The van der Waals surface area contributed by atoms with Gasteiger partial charge in [0.15, 0.2) is 17.5 Å². The van der Waals surface area contributed by atoms with E-state index in [2.05, 4.69) is 63.3 Å². The summed E-state index contributed by atoms with van der Waals surface area (Å²) in [6, 6.07) is 6.36. The van der Waals surface area contributed by atoms with Crippen molar-refractivity contribution in [1.82, 2.24) is 15.1 Å². The van der Waals surface area contributed by atoms with Gasteiger partial charge < -0.3 is 20.1 Å². The maximum Gasteiger partial charge on any atom is 0.343 e. The van der Waals surface area contributed by atoms with Crippen molar-refractivity contribution < 1.29 is 19.1 Å². The molecule has 1 fully saturated rings. The van der Waals surface area contributed by atoms with Gasteiger partial charge in [-0.3, -0.25) is 4.79 Å². The maximum absolute atomic E-state index is 13.3. The third-order valence-corrected chi connectivity index (χ3v) is 6.90. The molecule has 0 saturated heterocycles. The van der Waals surface area contributed by atoms with E-state index in [1.807, 2.05) is 12.1 Å². The van der Waals surface area contributed by atoms with Crippen LogP contribution >= 0.6 is 12.2 Å². The minimum absolute atomic E-state index is 0.0163. The molecule has 1 aliphatic carbocycles. The number of ether oxygens (including phenoxy) is 2. The zero-order chi connectivity index (χ0) is 28.1. The van der Waals surface area contributed by atoms with Crippen LogP contribution in [0.15, 0.2) is 24.4 Å². The number of nitrogens with one attached hydrogen (secondary N) is 2. The molecule has 0 bridgehead atoms. The highest BCUT2D eigenvalue weighted by atomic mass is 32.1. The van der Waals surface area contributed by atoms with Crippen molar-refractivity contribution >= 4 is 35.0 Å². The van der Waals surface area contributed by atoms with Gasteiger partial charge in [-0.15, -0.1) is 0 Å². The summed E-state index contributed by atoms with van der Waals surface area (Å²) in [4.78, 5) is 25.9. The van der Waals surface area contributed by atoms with Crippen LogP contribution in [0.4, 0.5) is 5.82 Å². The molecule has 0 spiro atoms. The molecule has 0 amide bonds. The first-order valence-corrected chi connectivity index (χ1v) is 13.9. The number of hydrogen-bond acceptors (Lipinski definition) is 6. The highest BCUT2D eigenvalue weighted by molar-refractivity contribution is 7.80. The number of nitrogens with zero attached hydrogens (tertiary/aromatic N) is 2. The van der Waals surface area contributed by atoms with Crippen LogP contribution in [0.3, 0.4) is 0 Å². The molecule has 8 nitrogen and oxygen atoms in total. The number of aromatic nitrogens is 2. The quantitative estimate of drug-likeness (QED) is 0.325. The molecule has 1 aromatic carbocycles. The summed E-state index contributed by atoms with van der Waals surface area (Å²) >= 11 is 5.52. The molecule has 2 N–H and O–H groups in total. The summed E-state index contributed by atoms with van der Waals surface area (Å²) in [6.07, 6.45) is 6.90. The van der Waals surface area contributed by atoms with E-state index in [1.54, 1.807) is 6.92 Å². The van der Waals surface area contributed by atoms with Crippen LogP contribution in [0.5, 0.6) is 5.75 Å². The molecule has 1 heterocycles. The van der Waals surface area contributed by atoms with E-state index in [-0.39, 0.29) is 41.5 Å². The lowest BCUT2D eigenvalue weighted by atomic mass is 9.80. The predicted molar refractivity (Wildman–Crippen MR) is 154 cm³/mol. The second kappa shape index (κ2) is 12.3. The summed E-state index contributed by atoms with van der Waals surface area (Å²) in [5.74, 6) is -0.211. The lowest BCUT2D eigenvalue weighted by Crippen LogP contribution is -2.40. The first-order chi connectivity index (χ1) is 17.8. The fourth-order valence-electron chi connectivity index (χ4n) is 4.50. The van der Waals surface area contributed by atoms with Crippen molar-refractivity contribution in [2.24, 2.45) is 0 Å². The number of carbonyl (C=O) groups excluding carboxylic acids is 2. The molecule has 38 heavy (non-hydrogen) atoms. The van der Waals surface area contributed by atoms with Crippen molar-refractivity contribution in [3.05, 3.63) is 41.1 Å². The van der Waals surface area contributed by atoms with E-state index < -0.39 is 11.9 Å². The Hall–Kier alpha value is -2.94.